The molecule has 0 aliphatic carbocycles. The van der Waals surface area contributed by atoms with Crippen LogP contribution in [0.1, 0.15) is 55.7 Å². The zero-order valence-corrected chi connectivity index (χ0v) is 23.6. The van der Waals surface area contributed by atoms with Gasteiger partial charge in [-0.1, -0.05) is 37.6 Å². The number of methoxy groups -OCH3 is 2. The summed E-state index contributed by atoms with van der Waals surface area (Å²) in [5, 5.41) is 27.6. The van der Waals surface area contributed by atoms with Gasteiger partial charge in [0.2, 0.25) is 11.8 Å². The van der Waals surface area contributed by atoms with Crippen LogP contribution in [0.4, 0.5) is 5.69 Å². The highest BCUT2D eigenvalue weighted by atomic mass is 35.5. The van der Waals surface area contributed by atoms with E-state index in [0.717, 1.165) is 0 Å². The molecule has 2 N–H and O–H groups in total. The number of carbonyl (C=O) groups excluding carboxylic acids is 1. The Morgan fingerprint density at radius 1 is 1.18 bits per heavy atom. The fourth-order valence-electron chi connectivity index (χ4n) is 4.49. The number of halogens is 1. The SMILES string of the molecule is COc1cccc([C@H]2O[C@H](Cc3nnc(C(C)C(=O)O)o3)C(=O)N(CC(C)(C)CO)c3ccc(Cl)cc32)c1OC. The van der Waals surface area contributed by atoms with Gasteiger partial charge in [0, 0.05) is 40.4 Å². The summed E-state index contributed by atoms with van der Waals surface area (Å²) < 4.78 is 23.4. The summed E-state index contributed by atoms with van der Waals surface area (Å²) in [6, 6.07) is 10.5. The van der Waals surface area contributed by atoms with Crippen molar-refractivity contribution >= 4 is 29.2 Å². The zero-order chi connectivity index (χ0) is 29.2. The molecular weight excluding hydrogens is 542 g/mol. The molecule has 1 aliphatic rings. The van der Waals surface area contributed by atoms with E-state index in [0.29, 0.717) is 33.3 Å². The van der Waals surface area contributed by atoms with Gasteiger partial charge in [0.1, 0.15) is 18.1 Å². The summed E-state index contributed by atoms with van der Waals surface area (Å²) in [6.07, 6.45) is -2.09. The van der Waals surface area contributed by atoms with E-state index in [9.17, 15) is 19.8 Å². The van der Waals surface area contributed by atoms with Crippen molar-refractivity contribution in [2.45, 2.75) is 45.3 Å². The minimum Gasteiger partial charge on any atom is -0.493 e. The molecule has 12 heteroatoms. The average Bonchev–Trinajstić information content (AvgIpc) is 3.37. The van der Waals surface area contributed by atoms with Crippen LogP contribution in [-0.4, -0.2) is 65.8 Å². The molecule has 0 saturated carbocycles. The minimum atomic E-state index is -1.13. The number of hydrogen-bond acceptors (Lipinski definition) is 9. The molecule has 0 bridgehead atoms. The van der Waals surface area contributed by atoms with Gasteiger partial charge < -0.3 is 33.7 Å². The number of rotatable bonds is 10. The lowest BCUT2D eigenvalue weighted by Gasteiger charge is -2.32. The molecule has 40 heavy (non-hydrogen) atoms. The largest absolute Gasteiger partial charge is 0.493 e. The van der Waals surface area contributed by atoms with E-state index in [1.807, 2.05) is 19.9 Å². The Hall–Kier alpha value is -3.67. The molecule has 0 saturated heterocycles. The van der Waals surface area contributed by atoms with Crippen LogP contribution in [0.15, 0.2) is 40.8 Å². The molecule has 0 radical (unpaired) electrons. The van der Waals surface area contributed by atoms with Crippen molar-refractivity contribution in [2.75, 3.05) is 32.3 Å². The summed E-state index contributed by atoms with van der Waals surface area (Å²) in [7, 11) is 3.04. The van der Waals surface area contributed by atoms with Crippen molar-refractivity contribution in [3.63, 3.8) is 0 Å². The highest BCUT2D eigenvalue weighted by molar-refractivity contribution is 6.30. The standard InChI is InChI=1S/C28H32ClN3O8/c1-15(27(35)36)25-31-30-22(40-25)12-21-26(34)32(13-28(2,3)14-33)19-10-9-16(29)11-18(19)23(39-21)17-7-6-8-20(37-4)24(17)38-5/h6-11,15,21,23,33H,12-14H2,1-5H3,(H,35,36)/t15?,21-,23-/m1/s1. The third kappa shape index (κ3) is 5.91. The van der Waals surface area contributed by atoms with Gasteiger partial charge in [-0.15, -0.1) is 10.2 Å². The van der Waals surface area contributed by atoms with Crippen LogP contribution in [0.25, 0.3) is 0 Å². The van der Waals surface area contributed by atoms with Crippen molar-refractivity contribution in [2.24, 2.45) is 5.41 Å². The first-order chi connectivity index (χ1) is 19.0. The predicted octanol–water partition coefficient (Wildman–Crippen LogP) is 4.01. The van der Waals surface area contributed by atoms with Crippen LogP contribution in [0.3, 0.4) is 0 Å². The number of nitrogens with zero attached hydrogens (tertiary/aromatic N) is 3. The molecule has 0 fully saturated rings. The summed E-state index contributed by atoms with van der Waals surface area (Å²) in [6.45, 7) is 5.12. The number of aliphatic carboxylic acids is 1. The van der Waals surface area contributed by atoms with Gasteiger partial charge in [-0.2, -0.15) is 0 Å². The van der Waals surface area contributed by atoms with E-state index in [4.69, 9.17) is 30.2 Å². The van der Waals surface area contributed by atoms with Gasteiger partial charge in [0.15, 0.2) is 11.5 Å². The number of carboxylic acid groups (broad SMARTS) is 1. The zero-order valence-electron chi connectivity index (χ0n) is 22.9. The van der Waals surface area contributed by atoms with Crippen molar-refractivity contribution in [3.05, 3.63) is 64.3 Å². The molecule has 3 aromatic rings. The molecule has 2 aromatic carbocycles. The summed E-state index contributed by atoms with van der Waals surface area (Å²) in [4.78, 5) is 27.1. The number of aromatic nitrogens is 2. The van der Waals surface area contributed by atoms with E-state index in [1.165, 1.54) is 21.1 Å². The van der Waals surface area contributed by atoms with Gasteiger partial charge in [-0.05, 0) is 31.2 Å². The number of ether oxygens (including phenoxy) is 3. The van der Waals surface area contributed by atoms with Crippen LogP contribution in [-0.2, 0) is 20.7 Å². The molecule has 1 unspecified atom stereocenters. The number of amides is 1. The summed E-state index contributed by atoms with van der Waals surface area (Å²) >= 11 is 6.45. The first-order valence-electron chi connectivity index (χ1n) is 12.6. The Labute approximate surface area is 236 Å². The lowest BCUT2D eigenvalue weighted by atomic mass is 9.92. The first kappa shape index (κ1) is 29.3. The Kier molecular flexibility index (Phi) is 8.67. The predicted molar refractivity (Wildman–Crippen MR) is 145 cm³/mol. The second kappa shape index (κ2) is 11.8. The van der Waals surface area contributed by atoms with Gasteiger partial charge in [-0.25, -0.2) is 0 Å². The third-order valence-electron chi connectivity index (χ3n) is 6.72. The number of carboxylic acids is 1. The molecule has 214 valence electrons. The fourth-order valence-corrected chi connectivity index (χ4v) is 4.67. The number of aliphatic hydroxyl groups excluding tert-OH is 1. The van der Waals surface area contributed by atoms with Crippen LogP contribution in [0.2, 0.25) is 5.02 Å². The highest BCUT2D eigenvalue weighted by Crippen LogP contribution is 2.45. The van der Waals surface area contributed by atoms with E-state index in [2.05, 4.69) is 10.2 Å². The Morgan fingerprint density at radius 2 is 1.93 bits per heavy atom. The number of anilines is 1. The molecule has 11 nitrogen and oxygen atoms in total. The van der Waals surface area contributed by atoms with Crippen LogP contribution < -0.4 is 14.4 Å². The number of para-hydroxylation sites is 1. The topological polar surface area (TPSA) is 144 Å². The van der Waals surface area contributed by atoms with Gasteiger partial charge in [0.25, 0.3) is 5.91 Å². The fraction of sp³-hybridized carbons (Fsp3) is 0.429. The maximum Gasteiger partial charge on any atom is 0.315 e. The maximum atomic E-state index is 14.1. The molecule has 0 spiro atoms. The molecule has 3 atom stereocenters. The van der Waals surface area contributed by atoms with E-state index in [1.54, 1.807) is 35.2 Å². The molecule has 1 aliphatic heterocycles. The van der Waals surface area contributed by atoms with Crippen molar-refractivity contribution < 1.29 is 38.4 Å². The monoisotopic (exact) mass is 573 g/mol. The van der Waals surface area contributed by atoms with E-state index >= 15 is 0 Å². The smallest absolute Gasteiger partial charge is 0.315 e. The number of fused-ring (bicyclic) bond motifs is 1. The maximum absolute atomic E-state index is 14.1. The Morgan fingerprint density at radius 3 is 2.58 bits per heavy atom. The first-order valence-corrected chi connectivity index (χ1v) is 13.0. The number of benzene rings is 2. The number of carbonyl (C=O) groups is 2. The number of aliphatic hydroxyl groups is 1. The minimum absolute atomic E-state index is 0.0446. The van der Waals surface area contributed by atoms with Gasteiger partial charge in [-0.3, -0.25) is 9.59 Å². The number of hydrogen-bond donors (Lipinski definition) is 2. The van der Waals surface area contributed by atoms with Crippen molar-refractivity contribution in [1.82, 2.24) is 10.2 Å². The average molecular weight is 574 g/mol. The summed E-state index contributed by atoms with van der Waals surface area (Å²) in [5.41, 5.74) is 1.10. The third-order valence-corrected chi connectivity index (χ3v) is 6.95. The van der Waals surface area contributed by atoms with Gasteiger partial charge >= 0.3 is 5.97 Å². The highest BCUT2D eigenvalue weighted by Gasteiger charge is 2.40. The second-order valence-electron chi connectivity index (χ2n) is 10.3. The molecule has 1 amide bonds. The van der Waals surface area contributed by atoms with Crippen molar-refractivity contribution in [3.8, 4) is 11.5 Å². The van der Waals surface area contributed by atoms with E-state index < -0.39 is 35.4 Å². The van der Waals surface area contributed by atoms with Gasteiger partial charge in [0.05, 0.1) is 20.6 Å². The molecule has 1 aromatic heterocycles. The summed E-state index contributed by atoms with van der Waals surface area (Å²) in [5.74, 6) is -1.68. The van der Waals surface area contributed by atoms with Crippen molar-refractivity contribution in [1.29, 1.82) is 0 Å². The van der Waals surface area contributed by atoms with E-state index in [-0.39, 0.29) is 31.4 Å². The normalized spacial score (nSPS) is 18.2. The Balaban J connectivity index is 1.87. The molecule has 2 heterocycles. The lowest BCUT2D eigenvalue weighted by Crippen LogP contribution is -2.46. The molecule has 4 rings (SSSR count). The second-order valence-corrected chi connectivity index (χ2v) is 10.8. The van der Waals surface area contributed by atoms with Crippen LogP contribution in [0.5, 0.6) is 11.5 Å². The Bertz CT molecular complexity index is 1390. The van der Waals surface area contributed by atoms with Crippen LogP contribution in [0, 0.1) is 5.41 Å². The van der Waals surface area contributed by atoms with Crippen LogP contribution >= 0.6 is 11.6 Å². The molecular formula is C28H32ClN3O8. The lowest BCUT2D eigenvalue weighted by molar-refractivity contribution is -0.139. The quantitative estimate of drug-likeness (QED) is 0.365.